The van der Waals surface area contributed by atoms with Crippen molar-refractivity contribution < 1.29 is 9.53 Å². The fraction of sp³-hybridized carbons (Fsp3) is 0.938. The molecule has 1 aliphatic heterocycles. The number of carbonyl (C=O) groups is 1. The largest absolute Gasteiger partial charge is 0.378 e. The van der Waals surface area contributed by atoms with E-state index in [9.17, 15) is 4.79 Å². The number of primary amides is 1. The van der Waals surface area contributed by atoms with E-state index in [1.165, 1.54) is 6.42 Å². The molecule has 122 valence electrons. The Morgan fingerprint density at radius 2 is 2.05 bits per heavy atom. The first-order valence-electron chi connectivity index (χ1n) is 8.17. The molecule has 0 aromatic rings. The van der Waals surface area contributed by atoms with Crippen LogP contribution in [-0.2, 0) is 9.53 Å². The average molecular weight is 297 g/mol. The minimum Gasteiger partial charge on any atom is -0.378 e. The van der Waals surface area contributed by atoms with Gasteiger partial charge < -0.3 is 16.2 Å². The van der Waals surface area contributed by atoms with Gasteiger partial charge in [-0.25, -0.2) is 0 Å². The summed E-state index contributed by atoms with van der Waals surface area (Å²) in [5.41, 5.74) is 11.9. The number of hydrogen-bond acceptors (Lipinski definition) is 4. The molecule has 1 saturated carbocycles. The molecule has 0 aromatic carbocycles. The lowest BCUT2D eigenvalue weighted by Crippen LogP contribution is -2.60. The third-order valence-corrected chi connectivity index (χ3v) is 5.41. The van der Waals surface area contributed by atoms with E-state index in [1.807, 2.05) is 0 Å². The summed E-state index contributed by atoms with van der Waals surface area (Å²) in [5.74, 6) is 0.855. The molecule has 4 atom stereocenters. The van der Waals surface area contributed by atoms with Crippen molar-refractivity contribution in [1.82, 2.24) is 4.90 Å². The summed E-state index contributed by atoms with van der Waals surface area (Å²) in [5, 5.41) is 0. The molecule has 21 heavy (non-hydrogen) atoms. The van der Waals surface area contributed by atoms with Crippen molar-refractivity contribution in [2.75, 3.05) is 26.3 Å². The maximum Gasteiger partial charge on any atom is 0.237 e. The smallest absolute Gasteiger partial charge is 0.237 e. The van der Waals surface area contributed by atoms with Gasteiger partial charge in [-0.3, -0.25) is 9.69 Å². The second kappa shape index (κ2) is 6.63. The van der Waals surface area contributed by atoms with Gasteiger partial charge in [0.1, 0.15) is 6.04 Å². The molecule has 0 aromatic heterocycles. The molecule has 2 aliphatic rings. The van der Waals surface area contributed by atoms with Gasteiger partial charge in [0.2, 0.25) is 5.91 Å². The number of morpholine rings is 1. The van der Waals surface area contributed by atoms with Crippen molar-refractivity contribution in [3.05, 3.63) is 0 Å². The van der Waals surface area contributed by atoms with Crippen molar-refractivity contribution in [2.45, 2.75) is 52.1 Å². The van der Waals surface area contributed by atoms with Gasteiger partial charge in [-0.05, 0) is 43.1 Å². The second-order valence-electron chi connectivity index (χ2n) is 7.67. The predicted octanol–water partition coefficient (Wildman–Crippen LogP) is 0.962. The highest BCUT2D eigenvalue weighted by atomic mass is 16.5. The van der Waals surface area contributed by atoms with Gasteiger partial charge in [0, 0.05) is 12.6 Å². The summed E-state index contributed by atoms with van der Waals surface area (Å²) in [7, 11) is 0. The van der Waals surface area contributed by atoms with Crippen LogP contribution in [0.25, 0.3) is 0 Å². The zero-order chi connectivity index (χ0) is 15.6. The SMILES string of the molecule is CC(C)(C)C1CCC(CN)C(N2CCOCC2C(N)=O)C1. The van der Waals surface area contributed by atoms with Gasteiger partial charge in [-0.2, -0.15) is 0 Å². The Hall–Kier alpha value is -0.650. The molecular formula is C16H31N3O2. The van der Waals surface area contributed by atoms with Crippen LogP contribution in [0.5, 0.6) is 0 Å². The third-order valence-electron chi connectivity index (χ3n) is 5.41. The summed E-state index contributed by atoms with van der Waals surface area (Å²) in [4.78, 5) is 14.0. The molecule has 1 amide bonds. The molecule has 1 heterocycles. The van der Waals surface area contributed by atoms with Crippen LogP contribution in [0.3, 0.4) is 0 Å². The first kappa shape index (κ1) is 16.7. The van der Waals surface area contributed by atoms with Crippen molar-refractivity contribution in [3.8, 4) is 0 Å². The maximum absolute atomic E-state index is 11.8. The summed E-state index contributed by atoms with van der Waals surface area (Å²) in [6.45, 7) is 9.49. The van der Waals surface area contributed by atoms with Crippen molar-refractivity contribution in [2.24, 2.45) is 28.7 Å². The third kappa shape index (κ3) is 3.76. The van der Waals surface area contributed by atoms with E-state index in [1.54, 1.807) is 0 Å². The van der Waals surface area contributed by atoms with Crippen LogP contribution in [0.15, 0.2) is 0 Å². The van der Waals surface area contributed by atoms with Crippen LogP contribution in [0.2, 0.25) is 0 Å². The van der Waals surface area contributed by atoms with E-state index >= 15 is 0 Å². The maximum atomic E-state index is 11.8. The Bertz CT molecular complexity index is 367. The fourth-order valence-corrected chi connectivity index (χ4v) is 3.94. The number of hydrogen-bond donors (Lipinski definition) is 2. The highest BCUT2D eigenvalue weighted by molar-refractivity contribution is 5.80. The lowest BCUT2D eigenvalue weighted by Gasteiger charge is -2.49. The van der Waals surface area contributed by atoms with Crippen molar-refractivity contribution >= 4 is 5.91 Å². The minimum atomic E-state index is -0.295. The summed E-state index contributed by atoms with van der Waals surface area (Å²) in [6.07, 6.45) is 3.48. The Balaban J connectivity index is 2.17. The van der Waals surface area contributed by atoms with Crippen LogP contribution < -0.4 is 11.5 Å². The van der Waals surface area contributed by atoms with Gasteiger partial charge in [-0.15, -0.1) is 0 Å². The van der Waals surface area contributed by atoms with Crippen LogP contribution in [0.4, 0.5) is 0 Å². The van der Waals surface area contributed by atoms with Gasteiger partial charge in [-0.1, -0.05) is 20.8 Å². The number of nitrogens with two attached hydrogens (primary N) is 2. The molecule has 5 heteroatoms. The van der Waals surface area contributed by atoms with Crippen LogP contribution >= 0.6 is 0 Å². The number of rotatable bonds is 3. The Labute approximate surface area is 128 Å². The molecule has 0 radical (unpaired) electrons. The van der Waals surface area contributed by atoms with Crippen LogP contribution in [-0.4, -0.2) is 49.2 Å². The van der Waals surface area contributed by atoms with Gasteiger partial charge in [0.15, 0.2) is 0 Å². The first-order valence-corrected chi connectivity index (χ1v) is 8.17. The Kier molecular flexibility index (Phi) is 5.28. The number of ether oxygens (including phenoxy) is 1. The second-order valence-corrected chi connectivity index (χ2v) is 7.67. The monoisotopic (exact) mass is 297 g/mol. The topological polar surface area (TPSA) is 81.6 Å². The fourth-order valence-electron chi connectivity index (χ4n) is 3.94. The van der Waals surface area contributed by atoms with E-state index in [2.05, 4.69) is 25.7 Å². The van der Waals surface area contributed by atoms with Gasteiger partial charge in [0.05, 0.1) is 13.2 Å². The standard InChI is InChI=1S/C16H31N3O2/c1-16(2,3)12-5-4-11(9-17)13(8-12)19-6-7-21-10-14(19)15(18)20/h11-14H,4-10,17H2,1-3H3,(H2,18,20). The summed E-state index contributed by atoms with van der Waals surface area (Å²) in [6, 6.07) is 0.0610. The molecule has 1 saturated heterocycles. The van der Waals surface area contributed by atoms with E-state index in [4.69, 9.17) is 16.2 Å². The highest BCUT2D eigenvalue weighted by Gasteiger charge is 2.42. The quantitative estimate of drug-likeness (QED) is 0.813. The Morgan fingerprint density at radius 1 is 1.33 bits per heavy atom. The average Bonchev–Trinajstić information content (AvgIpc) is 2.45. The number of amides is 1. The molecule has 0 spiro atoms. The van der Waals surface area contributed by atoms with Gasteiger partial charge >= 0.3 is 0 Å². The van der Waals surface area contributed by atoms with E-state index in [0.29, 0.717) is 43.1 Å². The summed E-state index contributed by atoms with van der Waals surface area (Å²) >= 11 is 0. The first-order chi connectivity index (χ1) is 9.84. The molecule has 4 N–H and O–H groups in total. The number of carbonyl (C=O) groups excluding carboxylic acids is 1. The molecule has 1 aliphatic carbocycles. The van der Waals surface area contributed by atoms with E-state index in [0.717, 1.165) is 19.4 Å². The van der Waals surface area contributed by atoms with Crippen molar-refractivity contribution in [1.29, 1.82) is 0 Å². The van der Waals surface area contributed by atoms with E-state index < -0.39 is 0 Å². The molecule has 2 rings (SSSR count). The van der Waals surface area contributed by atoms with Crippen molar-refractivity contribution in [3.63, 3.8) is 0 Å². The molecule has 2 fully saturated rings. The zero-order valence-electron chi connectivity index (χ0n) is 13.7. The van der Waals surface area contributed by atoms with Crippen LogP contribution in [0.1, 0.15) is 40.0 Å². The van der Waals surface area contributed by atoms with Gasteiger partial charge in [0.25, 0.3) is 0 Å². The minimum absolute atomic E-state index is 0.275. The zero-order valence-corrected chi connectivity index (χ0v) is 13.7. The van der Waals surface area contributed by atoms with E-state index in [-0.39, 0.29) is 11.9 Å². The molecule has 4 unspecified atom stereocenters. The molecule has 5 nitrogen and oxygen atoms in total. The number of nitrogens with zero attached hydrogens (tertiary/aromatic N) is 1. The lowest BCUT2D eigenvalue weighted by atomic mass is 9.67. The molecule has 0 bridgehead atoms. The predicted molar refractivity (Wildman–Crippen MR) is 83.6 cm³/mol. The van der Waals surface area contributed by atoms with Crippen LogP contribution in [0, 0.1) is 17.3 Å². The Morgan fingerprint density at radius 3 is 2.62 bits per heavy atom. The normalized spacial score (nSPS) is 35.6. The molecular weight excluding hydrogens is 266 g/mol. The summed E-state index contributed by atoms with van der Waals surface area (Å²) < 4.78 is 5.45. The lowest BCUT2D eigenvalue weighted by molar-refractivity contribution is -0.134. The highest BCUT2D eigenvalue weighted by Crippen LogP contribution is 2.42.